The minimum absolute atomic E-state index is 0.0933. The van der Waals surface area contributed by atoms with Crippen molar-refractivity contribution in [1.29, 1.82) is 0 Å². The van der Waals surface area contributed by atoms with E-state index < -0.39 is 38.7 Å². The molecule has 0 aliphatic heterocycles. The molecule has 0 aromatic heterocycles. The Morgan fingerprint density at radius 3 is 2.34 bits per heavy atom. The number of nitrogens with one attached hydrogen (secondary N) is 2. The third-order valence-corrected chi connectivity index (χ3v) is 6.34. The van der Waals surface area contributed by atoms with Crippen molar-refractivity contribution in [2.45, 2.75) is 24.8 Å². The predicted molar refractivity (Wildman–Crippen MR) is 125 cm³/mol. The van der Waals surface area contributed by atoms with E-state index in [1.54, 1.807) is 0 Å². The molecule has 2 N–H and O–H groups in total. The van der Waals surface area contributed by atoms with Gasteiger partial charge in [-0.3, -0.25) is 19.6 Å². The van der Waals surface area contributed by atoms with E-state index in [2.05, 4.69) is 10.0 Å². The number of esters is 1. The summed E-state index contributed by atoms with van der Waals surface area (Å²) in [5, 5.41) is 13.2. The molecule has 3 aromatic rings. The van der Waals surface area contributed by atoms with E-state index in [1.165, 1.54) is 62.4 Å². The second-order valence-corrected chi connectivity index (χ2v) is 9.05. The number of hydrogen-bond acceptors (Lipinski definition) is 7. The molecule has 0 spiro atoms. The maximum atomic E-state index is 13.4. The van der Waals surface area contributed by atoms with Crippen LogP contribution in [0.4, 0.5) is 21.5 Å². The molecular formula is C23H20FN3O7S. The first kappa shape index (κ1) is 25.3. The molecule has 1 unspecified atom stereocenters. The quantitative estimate of drug-likeness (QED) is 0.269. The average Bonchev–Trinajstić information content (AvgIpc) is 2.79. The minimum atomic E-state index is -4.16. The summed E-state index contributed by atoms with van der Waals surface area (Å²) in [5.74, 6) is -2.26. The molecule has 0 radical (unpaired) electrons. The summed E-state index contributed by atoms with van der Waals surface area (Å²) < 4.78 is 46.5. The zero-order valence-corrected chi connectivity index (χ0v) is 19.3. The molecule has 0 aliphatic carbocycles. The Morgan fingerprint density at radius 1 is 1.06 bits per heavy atom. The SMILES string of the molecule is Cc1cc(F)ccc1S(=O)(=O)Nc1ccccc1C(=O)OC(C)C(=O)Nc1ccc([N+](=O)[O-])cc1. The number of sulfonamides is 1. The third-order valence-electron chi connectivity index (χ3n) is 4.82. The Hall–Kier alpha value is -4.32. The number of aryl methyl sites for hydroxylation is 1. The Bertz CT molecular complexity index is 1390. The molecule has 0 saturated carbocycles. The molecule has 0 heterocycles. The highest BCUT2D eigenvalue weighted by molar-refractivity contribution is 7.92. The number of carbonyl (C=O) groups is 2. The van der Waals surface area contributed by atoms with E-state index >= 15 is 0 Å². The number of hydrogen-bond donors (Lipinski definition) is 2. The van der Waals surface area contributed by atoms with Crippen LogP contribution in [0.5, 0.6) is 0 Å². The molecule has 1 atom stereocenters. The van der Waals surface area contributed by atoms with Crippen LogP contribution in [0.3, 0.4) is 0 Å². The number of non-ortho nitro benzene ring substituents is 1. The molecule has 0 aliphatic rings. The zero-order chi connectivity index (χ0) is 25.8. The first-order valence-corrected chi connectivity index (χ1v) is 11.6. The normalized spacial score (nSPS) is 11.9. The number of para-hydroxylation sites is 1. The van der Waals surface area contributed by atoms with Gasteiger partial charge in [0.15, 0.2) is 6.10 Å². The lowest BCUT2D eigenvalue weighted by molar-refractivity contribution is -0.384. The second-order valence-electron chi connectivity index (χ2n) is 7.40. The molecule has 35 heavy (non-hydrogen) atoms. The first-order chi connectivity index (χ1) is 16.5. The van der Waals surface area contributed by atoms with E-state index in [0.717, 1.165) is 18.2 Å². The molecule has 10 nitrogen and oxygen atoms in total. The van der Waals surface area contributed by atoms with Crippen LogP contribution in [0, 0.1) is 22.9 Å². The summed E-state index contributed by atoms with van der Waals surface area (Å²) in [6.07, 6.45) is -1.28. The van der Waals surface area contributed by atoms with Crippen molar-refractivity contribution in [3.63, 3.8) is 0 Å². The van der Waals surface area contributed by atoms with Crippen molar-refractivity contribution in [3.05, 3.63) is 93.8 Å². The molecule has 3 rings (SSSR count). The van der Waals surface area contributed by atoms with Crippen LogP contribution in [0.1, 0.15) is 22.8 Å². The highest BCUT2D eigenvalue weighted by Crippen LogP contribution is 2.24. The van der Waals surface area contributed by atoms with Crippen molar-refractivity contribution in [2.75, 3.05) is 10.0 Å². The van der Waals surface area contributed by atoms with Crippen molar-refractivity contribution in [2.24, 2.45) is 0 Å². The number of rotatable bonds is 8. The highest BCUT2D eigenvalue weighted by Gasteiger charge is 2.24. The molecule has 3 aromatic carbocycles. The van der Waals surface area contributed by atoms with Gasteiger partial charge >= 0.3 is 5.97 Å². The zero-order valence-electron chi connectivity index (χ0n) is 18.5. The molecule has 1 amide bonds. The fourth-order valence-electron chi connectivity index (χ4n) is 3.05. The third kappa shape index (κ3) is 6.18. The van der Waals surface area contributed by atoms with Gasteiger partial charge in [0.25, 0.3) is 21.6 Å². The summed E-state index contributed by atoms with van der Waals surface area (Å²) in [6.45, 7) is 2.75. The Morgan fingerprint density at radius 2 is 1.71 bits per heavy atom. The largest absolute Gasteiger partial charge is 0.449 e. The summed E-state index contributed by atoms with van der Waals surface area (Å²) in [7, 11) is -4.16. The van der Waals surface area contributed by atoms with E-state index in [0.29, 0.717) is 0 Å². The van der Waals surface area contributed by atoms with E-state index in [1.807, 2.05) is 0 Å². The van der Waals surface area contributed by atoms with Crippen LogP contribution < -0.4 is 10.0 Å². The minimum Gasteiger partial charge on any atom is -0.449 e. The number of ether oxygens (including phenoxy) is 1. The van der Waals surface area contributed by atoms with Gasteiger partial charge in [-0.1, -0.05) is 12.1 Å². The second kappa shape index (κ2) is 10.3. The summed E-state index contributed by atoms with van der Waals surface area (Å²) in [6, 6.07) is 13.9. The fraction of sp³-hybridized carbons (Fsp3) is 0.130. The van der Waals surface area contributed by atoms with E-state index in [-0.39, 0.29) is 33.1 Å². The van der Waals surface area contributed by atoms with Gasteiger partial charge < -0.3 is 10.1 Å². The molecule has 0 bridgehead atoms. The Balaban J connectivity index is 1.73. The van der Waals surface area contributed by atoms with Crippen LogP contribution in [-0.2, 0) is 19.6 Å². The number of nitro groups is 1. The maximum absolute atomic E-state index is 13.4. The monoisotopic (exact) mass is 501 g/mol. The molecule has 12 heteroatoms. The smallest absolute Gasteiger partial charge is 0.341 e. The Labute approximate surface area is 199 Å². The van der Waals surface area contributed by atoms with E-state index in [4.69, 9.17) is 4.74 Å². The molecule has 0 saturated heterocycles. The molecule has 0 fully saturated rings. The number of nitro benzene ring substituents is 1. The van der Waals surface area contributed by atoms with Crippen LogP contribution in [0.25, 0.3) is 0 Å². The van der Waals surface area contributed by atoms with Gasteiger partial charge in [-0.15, -0.1) is 0 Å². The topological polar surface area (TPSA) is 145 Å². The van der Waals surface area contributed by atoms with Gasteiger partial charge in [-0.05, 0) is 61.9 Å². The van der Waals surface area contributed by atoms with Gasteiger partial charge in [-0.2, -0.15) is 0 Å². The number of carbonyl (C=O) groups excluding carboxylic acids is 2. The van der Waals surface area contributed by atoms with Gasteiger partial charge in [0.1, 0.15) is 5.82 Å². The van der Waals surface area contributed by atoms with Gasteiger partial charge in [0, 0.05) is 17.8 Å². The number of halogens is 1. The van der Waals surface area contributed by atoms with Gasteiger partial charge in [0.05, 0.1) is 21.1 Å². The van der Waals surface area contributed by atoms with Gasteiger partial charge in [-0.25, -0.2) is 17.6 Å². The van der Waals surface area contributed by atoms with Crippen LogP contribution in [0.2, 0.25) is 0 Å². The van der Waals surface area contributed by atoms with Crippen LogP contribution in [0.15, 0.2) is 71.6 Å². The standard InChI is InChI=1S/C23H20FN3O7S/c1-14-13-16(24)7-12-21(14)35(32,33)26-20-6-4-3-5-19(20)23(29)34-15(2)22(28)25-17-8-10-18(11-9-17)27(30)31/h3-13,15,26H,1-2H3,(H,25,28). The summed E-state index contributed by atoms with van der Waals surface area (Å²) in [5.41, 5.74) is 0.0350. The number of amides is 1. The first-order valence-electron chi connectivity index (χ1n) is 10.1. The maximum Gasteiger partial charge on any atom is 0.341 e. The fourth-order valence-corrected chi connectivity index (χ4v) is 4.36. The van der Waals surface area contributed by atoms with Crippen molar-refractivity contribution in [3.8, 4) is 0 Å². The summed E-state index contributed by atoms with van der Waals surface area (Å²) >= 11 is 0. The van der Waals surface area contributed by atoms with Gasteiger partial charge in [0.2, 0.25) is 0 Å². The van der Waals surface area contributed by atoms with Crippen molar-refractivity contribution < 1.29 is 32.1 Å². The average molecular weight is 501 g/mol. The number of nitrogens with zero attached hydrogens (tertiary/aromatic N) is 1. The Kier molecular flexibility index (Phi) is 7.45. The van der Waals surface area contributed by atoms with Crippen molar-refractivity contribution >= 4 is 39.0 Å². The number of anilines is 2. The highest BCUT2D eigenvalue weighted by atomic mass is 32.2. The molecule has 182 valence electrons. The predicted octanol–water partition coefficient (Wildman–Crippen LogP) is 4.03. The van der Waals surface area contributed by atoms with Crippen molar-refractivity contribution in [1.82, 2.24) is 0 Å². The van der Waals surface area contributed by atoms with E-state index in [9.17, 15) is 32.5 Å². The lowest BCUT2D eigenvalue weighted by atomic mass is 10.2. The number of benzene rings is 3. The summed E-state index contributed by atoms with van der Waals surface area (Å²) in [4.78, 5) is 35.1. The lowest BCUT2D eigenvalue weighted by Gasteiger charge is -2.16. The molecular weight excluding hydrogens is 481 g/mol. The lowest BCUT2D eigenvalue weighted by Crippen LogP contribution is -2.30. The van der Waals surface area contributed by atoms with Crippen LogP contribution in [-0.4, -0.2) is 31.3 Å². The van der Waals surface area contributed by atoms with Crippen LogP contribution >= 0.6 is 0 Å².